The first-order chi connectivity index (χ1) is 7.72. The van der Waals surface area contributed by atoms with E-state index in [1.807, 2.05) is 0 Å². The highest BCUT2D eigenvalue weighted by molar-refractivity contribution is 5.79. The summed E-state index contributed by atoms with van der Waals surface area (Å²) in [7, 11) is 0. The fourth-order valence-corrected chi connectivity index (χ4v) is 1.79. The van der Waals surface area contributed by atoms with Crippen LogP contribution < -0.4 is 0 Å². The zero-order valence-corrected chi connectivity index (χ0v) is 9.51. The van der Waals surface area contributed by atoms with Gasteiger partial charge in [0.1, 0.15) is 0 Å². The number of aliphatic hydroxyl groups is 1. The predicted molar refractivity (Wildman–Crippen MR) is 61.4 cm³/mol. The Morgan fingerprint density at radius 2 is 1.81 bits per heavy atom. The largest absolute Gasteiger partial charge is 0.478 e. The summed E-state index contributed by atoms with van der Waals surface area (Å²) >= 11 is 0. The lowest BCUT2D eigenvalue weighted by atomic mass is 10.3. The van der Waals surface area contributed by atoms with E-state index >= 15 is 0 Å². The van der Waals surface area contributed by atoms with Gasteiger partial charge in [0.05, 0.1) is 0 Å². The number of carboxylic acids is 1. The Morgan fingerprint density at radius 3 is 2.38 bits per heavy atom. The van der Waals surface area contributed by atoms with E-state index in [-0.39, 0.29) is 6.61 Å². The zero-order chi connectivity index (χ0) is 11.8. The summed E-state index contributed by atoms with van der Waals surface area (Å²) in [6.45, 7) is 5.85. The first kappa shape index (κ1) is 13.2. The Kier molecular flexibility index (Phi) is 6.07. The Labute approximate surface area is 96.0 Å². The number of hydrogen-bond acceptors (Lipinski definition) is 4. The van der Waals surface area contributed by atoms with Gasteiger partial charge in [0.2, 0.25) is 0 Å². The van der Waals surface area contributed by atoms with Gasteiger partial charge in [-0.15, -0.1) is 0 Å². The Bertz CT molecular complexity index is 235. The molecule has 0 aliphatic carbocycles. The van der Waals surface area contributed by atoms with Crippen LogP contribution in [0.4, 0.5) is 0 Å². The summed E-state index contributed by atoms with van der Waals surface area (Å²) in [6.07, 6.45) is 3.71. The molecule has 0 spiro atoms. The first-order valence-corrected chi connectivity index (χ1v) is 5.67. The molecule has 16 heavy (non-hydrogen) atoms. The number of hydrogen-bond donors (Lipinski definition) is 2. The fraction of sp³-hybridized carbons (Fsp3) is 0.727. The molecule has 1 saturated heterocycles. The van der Waals surface area contributed by atoms with Crippen molar-refractivity contribution in [3.63, 3.8) is 0 Å². The summed E-state index contributed by atoms with van der Waals surface area (Å²) in [5.74, 6) is -0.887. The van der Waals surface area contributed by atoms with Gasteiger partial charge in [-0.1, -0.05) is 6.08 Å². The van der Waals surface area contributed by atoms with E-state index in [0.717, 1.165) is 39.1 Å². The number of piperazine rings is 1. The van der Waals surface area contributed by atoms with Gasteiger partial charge in [0.15, 0.2) is 0 Å². The molecule has 5 nitrogen and oxygen atoms in total. The molecule has 0 saturated carbocycles. The minimum absolute atomic E-state index is 0.252. The summed E-state index contributed by atoms with van der Waals surface area (Å²) < 4.78 is 0. The number of rotatable bonds is 6. The van der Waals surface area contributed by atoms with Crippen molar-refractivity contribution in [3.05, 3.63) is 12.2 Å². The van der Waals surface area contributed by atoms with Crippen molar-refractivity contribution in [1.29, 1.82) is 0 Å². The fourth-order valence-electron chi connectivity index (χ4n) is 1.79. The molecule has 1 rings (SSSR count). The van der Waals surface area contributed by atoms with E-state index in [9.17, 15) is 4.79 Å². The highest BCUT2D eigenvalue weighted by Gasteiger charge is 2.14. The summed E-state index contributed by atoms with van der Waals surface area (Å²) in [5.41, 5.74) is 0. The average Bonchev–Trinajstić information content (AvgIpc) is 2.27. The van der Waals surface area contributed by atoms with Crippen LogP contribution in [0.25, 0.3) is 0 Å². The standard InChI is InChI=1S/C11H20N2O3/c14-10-2-5-13-8-6-12(7-9-13)4-1-3-11(15)16/h1,3,14H,2,4-10H2,(H,15,16)/b3-1+. The van der Waals surface area contributed by atoms with Crippen molar-refractivity contribution in [1.82, 2.24) is 9.80 Å². The second-order valence-electron chi connectivity index (χ2n) is 3.96. The lowest BCUT2D eigenvalue weighted by Crippen LogP contribution is -2.46. The maximum Gasteiger partial charge on any atom is 0.328 e. The summed E-state index contributed by atoms with van der Waals surface area (Å²) in [4.78, 5) is 14.8. The topological polar surface area (TPSA) is 64.0 Å². The van der Waals surface area contributed by atoms with Crippen molar-refractivity contribution in [2.45, 2.75) is 6.42 Å². The molecule has 0 aromatic carbocycles. The highest BCUT2D eigenvalue weighted by atomic mass is 16.4. The molecular weight excluding hydrogens is 208 g/mol. The average molecular weight is 228 g/mol. The van der Waals surface area contributed by atoms with E-state index < -0.39 is 5.97 Å². The second-order valence-corrected chi connectivity index (χ2v) is 3.96. The lowest BCUT2D eigenvalue weighted by Gasteiger charge is -2.33. The van der Waals surface area contributed by atoms with Crippen LogP contribution in [0.15, 0.2) is 12.2 Å². The van der Waals surface area contributed by atoms with Gasteiger partial charge in [0, 0.05) is 52.0 Å². The van der Waals surface area contributed by atoms with Crippen LogP contribution in [0.1, 0.15) is 6.42 Å². The van der Waals surface area contributed by atoms with Crippen LogP contribution in [0.5, 0.6) is 0 Å². The Morgan fingerprint density at radius 1 is 1.19 bits per heavy atom. The van der Waals surface area contributed by atoms with Gasteiger partial charge >= 0.3 is 5.97 Å². The van der Waals surface area contributed by atoms with Crippen LogP contribution in [0.3, 0.4) is 0 Å². The third-order valence-corrected chi connectivity index (χ3v) is 2.72. The van der Waals surface area contributed by atoms with Gasteiger partial charge in [-0.2, -0.15) is 0 Å². The van der Waals surface area contributed by atoms with Crippen molar-refractivity contribution < 1.29 is 15.0 Å². The van der Waals surface area contributed by atoms with Crippen LogP contribution >= 0.6 is 0 Å². The molecule has 0 aromatic rings. The summed E-state index contributed by atoms with van der Waals surface area (Å²) in [6, 6.07) is 0. The molecule has 0 aromatic heterocycles. The maximum absolute atomic E-state index is 10.3. The first-order valence-electron chi connectivity index (χ1n) is 5.67. The SMILES string of the molecule is O=C(O)/C=C/CN1CCN(CCCO)CC1. The highest BCUT2D eigenvalue weighted by Crippen LogP contribution is 2.02. The van der Waals surface area contributed by atoms with E-state index in [1.54, 1.807) is 6.08 Å². The van der Waals surface area contributed by atoms with Gasteiger partial charge in [-0.25, -0.2) is 4.79 Å². The van der Waals surface area contributed by atoms with Crippen molar-refractivity contribution in [3.8, 4) is 0 Å². The van der Waals surface area contributed by atoms with Gasteiger partial charge in [0.25, 0.3) is 0 Å². The third-order valence-electron chi connectivity index (χ3n) is 2.72. The predicted octanol–water partition coefficient (Wildman–Crippen LogP) is -0.373. The molecule has 1 aliphatic heterocycles. The Hall–Kier alpha value is -0.910. The van der Waals surface area contributed by atoms with Gasteiger partial charge in [-0.05, 0) is 6.42 Å². The number of aliphatic hydroxyl groups excluding tert-OH is 1. The molecule has 0 unspecified atom stereocenters. The minimum atomic E-state index is -0.887. The second kappa shape index (κ2) is 7.38. The van der Waals surface area contributed by atoms with E-state index in [2.05, 4.69) is 9.80 Å². The van der Waals surface area contributed by atoms with Gasteiger partial charge < -0.3 is 15.1 Å². The molecule has 92 valence electrons. The van der Waals surface area contributed by atoms with Crippen molar-refractivity contribution in [2.24, 2.45) is 0 Å². The Balaban J connectivity index is 2.14. The quantitative estimate of drug-likeness (QED) is 0.607. The molecule has 0 atom stereocenters. The number of aliphatic carboxylic acids is 1. The molecule has 0 radical (unpaired) electrons. The molecule has 1 aliphatic rings. The van der Waals surface area contributed by atoms with Crippen LogP contribution in [-0.4, -0.2) is 71.9 Å². The smallest absolute Gasteiger partial charge is 0.328 e. The van der Waals surface area contributed by atoms with E-state index in [4.69, 9.17) is 10.2 Å². The molecular formula is C11H20N2O3. The van der Waals surface area contributed by atoms with Gasteiger partial charge in [-0.3, -0.25) is 4.90 Å². The number of nitrogens with zero attached hydrogens (tertiary/aromatic N) is 2. The molecule has 1 fully saturated rings. The number of carboxylic acid groups (broad SMARTS) is 1. The molecule has 2 N–H and O–H groups in total. The van der Waals surface area contributed by atoms with E-state index in [0.29, 0.717) is 6.54 Å². The van der Waals surface area contributed by atoms with E-state index in [1.165, 1.54) is 6.08 Å². The normalized spacial score (nSPS) is 19.3. The van der Waals surface area contributed by atoms with Crippen LogP contribution in [0, 0.1) is 0 Å². The monoisotopic (exact) mass is 228 g/mol. The van der Waals surface area contributed by atoms with Crippen molar-refractivity contribution >= 4 is 5.97 Å². The summed E-state index contributed by atoms with van der Waals surface area (Å²) in [5, 5.41) is 17.2. The minimum Gasteiger partial charge on any atom is -0.478 e. The number of carbonyl (C=O) groups is 1. The van der Waals surface area contributed by atoms with Crippen LogP contribution in [-0.2, 0) is 4.79 Å². The van der Waals surface area contributed by atoms with Crippen molar-refractivity contribution in [2.75, 3.05) is 45.9 Å². The molecule has 0 amide bonds. The molecule has 5 heteroatoms. The third kappa shape index (κ3) is 5.25. The maximum atomic E-state index is 10.3. The molecule has 1 heterocycles. The molecule has 0 bridgehead atoms. The lowest BCUT2D eigenvalue weighted by molar-refractivity contribution is -0.131. The van der Waals surface area contributed by atoms with Crippen LogP contribution in [0.2, 0.25) is 0 Å². The zero-order valence-electron chi connectivity index (χ0n) is 9.51.